The van der Waals surface area contributed by atoms with E-state index in [2.05, 4.69) is 85.5 Å². The standard InChI is InChI=1S/C23H36N4O.C18H28N6.2C2H6/c1-4-18(2)26-13-11-25(12-14-26)16-19-7-9-27(10-8-19)21-5-6-22-20(15-21)17-24(3)23(22)28;1-15-17(14-24-8-5-19-18(24)20-15)23-11-9-22(10-12-23)13-16-3-6-21(2)7-4-16;2*1-2/h5-6,15,18-19H,4,7-14,16-17H2,1-3H3;5,8,14,16H,3-4,6-7,9-13H2,1-2H3;2*1-2H3. The fourth-order valence-corrected chi connectivity index (χ4v) is 9.05. The molecule has 0 radical (unpaired) electrons. The predicted molar refractivity (Wildman–Crippen MR) is 234 cm³/mol. The summed E-state index contributed by atoms with van der Waals surface area (Å²) in [5.74, 6) is 2.66. The molecule has 3 aromatic rings. The second-order valence-corrected chi connectivity index (χ2v) is 16.4. The summed E-state index contributed by atoms with van der Waals surface area (Å²) in [4.78, 5) is 38.2. The first kappa shape index (κ1) is 43.9. The molecule has 7 heterocycles. The van der Waals surface area contributed by atoms with Crippen LogP contribution in [0, 0.1) is 18.8 Å². The lowest BCUT2D eigenvalue weighted by Gasteiger charge is -2.41. The highest BCUT2D eigenvalue weighted by atomic mass is 16.2. The predicted octanol–water partition coefficient (Wildman–Crippen LogP) is 6.46. The van der Waals surface area contributed by atoms with Crippen molar-refractivity contribution in [2.75, 3.05) is 116 Å². The molecule has 11 nitrogen and oxygen atoms in total. The number of piperazine rings is 2. The minimum Gasteiger partial charge on any atom is -0.372 e. The van der Waals surface area contributed by atoms with Crippen LogP contribution in [0.5, 0.6) is 0 Å². The molecule has 2 aromatic heterocycles. The zero-order chi connectivity index (χ0) is 40.2. The lowest BCUT2D eigenvalue weighted by atomic mass is 9.95. The van der Waals surface area contributed by atoms with Gasteiger partial charge >= 0.3 is 0 Å². The molecule has 0 N–H and O–H groups in total. The van der Waals surface area contributed by atoms with Crippen LogP contribution in [0.25, 0.3) is 5.78 Å². The SMILES string of the molecule is CC.CC.CCC(C)N1CCN(CC2CCN(c3ccc4c(c3)CN(C)C4=O)CC2)CC1.Cc1nc2nccn2cc1N1CCN(CC2CCN(C)CC2)CC1. The molecule has 1 unspecified atom stereocenters. The number of nitrogens with zero attached hydrogens (tertiary/aromatic N) is 10. The maximum atomic E-state index is 12.1. The summed E-state index contributed by atoms with van der Waals surface area (Å²) in [7, 11) is 4.12. The maximum Gasteiger partial charge on any atom is 0.254 e. The van der Waals surface area contributed by atoms with Crippen molar-refractivity contribution in [3.8, 4) is 0 Å². The van der Waals surface area contributed by atoms with Crippen molar-refractivity contribution < 1.29 is 4.79 Å². The number of fused-ring (bicyclic) bond motifs is 2. The lowest BCUT2D eigenvalue weighted by molar-refractivity contribution is 0.0816. The molecule has 5 aliphatic rings. The van der Waals surface area contributed by atoms with Gasteiger partial charge in [-0.1, -0.05) is 34.6 Å². The van der Waals surface area contributed by atoms with Crippen molar-refractivity contribution in [3.63, 3.8) is 0 Å². The number of aryl methyl sites for hydroxylation is 1. The van der Waals surface area contributed by atoms with Crippen LogP contribution in [-0.2, 0) is 6.54 Å². The summed E-state index contributed by atoms with van der Waals surface area (Å²) >= 11 is 0. The molecule has 5 aliphatic heterocycles. The molecule has 56 heavy (non-hydrogen) atoms. The molecule has 0 spiro atoms. The largest absolute Gasteiger partial charge is 0.372 e. The molecule has 11 heteroatoms. The van der Waals surface area contributed by atoms with Crippen molar-refractivity contribution in [1.29, 1.82) is 0 Å². The number of benzene rings is 1. The first-order valence-corrected chi connectivity index (χ1v) is 22.3. The maximum absolute atomic E-state index is 12.1. The van der Waals surface area contributed by atoms with Crippen LogP contribution in [-0.4, -0.2) is 157 Å². The van der Waals surface area contributed by atoms with E-state index in [-0.39, 0.29) is 5.91 Å². The van der Waals surface area contributed by atoms with Crippen LogP contribution in [0.15, 0.2) is 36.8 Å². The molecule has 1 atom stereocenters. The van der Waals surface area contributed by atoms with Crippen LogP contribution in [0.3, 0.4) is 0 Å². The van der Waals surface area contributed by atoms with Crippen molar-refractivity contribution in [3.05, 3.63) is 53.6 Å². The van der Waals surface area contributed by atoms with Gasteiger partial charge < -0.3 is 24.5 Å². The van der Waals surface area contributed by atoms with E-state index in [0.717, 1.165) is 80.7 Å². The summed E-state index contributed by atoms with van der Waals surface area (Å²) in [5, 5.41) is 0. The van der Waals surface area contributed by atoms with E-state index in [1.54, 1.807) is 0 Å². The van der Waals surface area contributed by atoms with Crippen LogP contribution in [0.2, 0.25) is 0 Å². The first-order valence-electron chi connectivity index (χ1n) is 22.3. The van der Waals surface area contributed by atoms with E-state index >= 15 is 0 Å². The summed E-state index contributed by atoms with van der Waals surface area (Å²) < 4.78 is 2.02. The third kappa shape index (κ3) is 11.2. The van der Waals surface area contributed by atoms with E-state index in [1.807, 2.05) is 62.5 Å². The Labute approximate surface area is 340 Å². The highest BCUT2D eigenvalue weighted by Crippen LogP contribution is 2.30. The van der Waals surface area contributed by atoms with Crippen LogP contribution in [0.1, 0.15) is 95.3 Å². The zero-order valence-corrected chi connectivity index (χ0v) is 36.7. The number of anilines is 2. The zero-order valence-electron chi connectivity index (χ0n) is 36.7. The normalized spacial score (nSPS) is 21.2. The van der Waals surface area contributed by atoms with Crippen molar-refractivity contribution in [1.82, 2.24) is 38.9 Å². The minimum absolute atomic E-state index is 0.161. The third-order valence-electron chi connectivity index (χ3n) is 12.8. The smallest absolute Gasteiger partial charge is 0.254 e. The number of carbonyl (C=O) groups excluding carboxylic acids is 1. The molecule has 312 valence electrons. The van der Waals surface area contributed by atoms with Crippen LogP contribution in [0.4, 0.5) is 11.4 Å². The van der Waals surface area contributed by atoms with E-state index < -0.39 is 0 Å². The van der Waals surface area contributed by atoms with Gasteiger partial charge in [-0.2, -0.15) is 0 Å². The number of carbonyl (C=O) groups is 1. The van der Waals surface area contributed by atoms with Crippen molar-refractivity contribution in [2.45, 2.75) is 93.2 Å². The monoisotopic (exact) mass is 773 g/mol. The Kier molecular flexibility index (Phi) is 16.8. The Bertz CT molecular complexity index is 1610. The summed E-state index contributed by atoms with van der Waals surface area (Å²) in [6, 6.07) is 7.14. The topological polar surface area (TPSA) is 69.9 Å². The lowest BCUT2D eigenvalue weighted by Crippen LogP contribution is -2.51. The molecule has 1 amide bonds. The fourth-order valence-electron chi connectivity index (χ4n) is 9.05. The second-order valence-electron chi connectivity index (χ2n) is 16.4. The van der Waals surface area contributed by atoms with Gasteiger partial charge in [0.15, 0.2) is 0 Å². The molecular weight excluding hydrogens is 697 g/mol. The summed E-state index contributed by atoms with van der Waals surface area (Å²) in [6.07, 6.45) is 12.5. The molecular formula is C45H76N10O. The number of hydrogen-bond donors (Lipinski definition) is 0. The Hall–Kier alpha value is -3.25. The van der Waals surface area contributed by atoms with Gasteiger partial charge in [0.05, 0.1) is 11.4 Å². The molecule has 0 saturated carbocycles. The van der Waals surface area contributed by atoms with Gasteiger partial charge in [-0.3, -0.25) is 19.0 Å². The highest BCUT2D eigenvalue weighted by Gasteiger charge is 2.28. The molecule has 0 aliphatic carbocycles. The number of hydrogen-bond acceptors (Lipinski definition) is 9. The van der Waals surface area contributed by atoms with Gasteiger partial charge in [-0.25, -0.2) is 9.97 Å². The fraction of sp³-hybridized carbons (Fsp3) is 0.711. The minimum atomic E-state index is 0.161. The number of aromatic nitrogens is 3. The van der Waals surface area contributed by atoms with Crippen LogP contribution < -0.4 is 9.80 Å². The van der Waals surface area contributed by atoms with E-state index in [0.29, 0.717) is 0 Å². The van der Waals surface area contributed by atoms with Crippen molar-refractivity contribution in [2.24, 2.45) is 11.8 Å². The summed E-state index contributed by atoms with van der Waals surface area (Å²) in [6.45, 7) is 32.3. The second kappa shape index (κ2) is 21.5. The third-order valence-corrected chi connectivity index (χ3v) is 12.8. The molecule has 0 bridgehead atoms. The average Bonchev–Trinajstić information content (AvgIpc) is 3.82. The Morgan fingerprint density at radius 3 is 1.96 bits per heavy atom. The van der Waals surface area contributed by atoms with E-state index in [1.165, 1.54) is 101 Å². The van der Waals surface area contributed by atoms with Gasteiger partial charge in [0, 0.05) is 128 Å². The number of piperidine rings is 2. The van der Waals surface area contributed by atoms with Gasteiger partial charge in [0.1, 0.15) is 0 Å². The van der Waals surface area contributed by atoms with E-state index in [4.69, 9.17) is 0 Å². The number of rotatable bonds is 8. The van der Waals surface area contributed by atoms with E-state index in [9.17, 15) is 4.79 Å². The van der Waals surface area contributed by atoms with Gasteiger partial charge in [0.2, 0.25) is 5.78 Å². The number of likely N-dealkylation sites (tertiary alicyclic amines) is 1. The highest BCUT2D eigenvalue weighted by molar-refractivity contribution is 5.98. The van der Waals surface area contributed by atoms with Crippen molar-refractivity contribution >= 4 is 23.1 Å². The Morgan fingerprint density at radius 1 is 0.768 bits per heavy atom. The first-order chi connectivity index (χ1) is 27.2. The van der Waals surface area contributed by atoms with Crippen LogP contribution >= 0.6 is 0 Å². The Morgan fingerprint density at radius 2 is 1.36 bits per heavy atom. The Balaban J connectivity index is 0.000000199. The average molecular weight is 773 g/mol. The summed E-state index contributed by atoms with van der Waals surface area (Å²) in [5.41, 5.74) is 5.70. The van der Waals surface area contributed by atoms with Gasteiger partial charge in [-0.05, 0) is 102 Å². The molecule has 4 fully saturated rings. The molecule has 8 rings (SSSR count). The number of imidazole rings is 1. The van der Waals surface area contributed by atoms with Gasteiger partial charge in [-0.15, -0.1) is 0 Å². The molecule has 1 aromatic carbocycles. The number of amides is 1. The quantitative estimate of drug-likeness (QED) is 0.257. The van der Waals surface area contributed by atoms with Gasteiger partial charge in [0.25, 0.3) is 5.91 Å². The molecule has 4 saturated heterocycles.